The molecule has 0 saturated carbocycles. The maximum atomic E-state index is 12.5. The van der Waals surface area contributed by atoms with E-state index in [1.807, 2.05) is 60.7 Å². The third kappa shape index (κ3) is 4.58. The van der Waals surface area contributed by atoms with E-state index in [-0.39, 0.29) is 11.4 Å². The molecule has 31 heavy (non-hydrogen) atoms. The van der Waals surface area contributed by atoms with Crippen LogP contribution >= 0.6 is 11.6 Å². The third-order valence-corrected chi connectivity index (χ3v) is 4.90. The molecule has 0 bridgehead atoms. The van der Waals surface area contributed by atoms with Crippen molar-refractivity contribution in [2.45, 2.75) is 0 Å². The molecule has 0 aliphatic carbocycles. The molecule has 0 saturated heterocycles. The van der Waals surface area contributed by atoms with Crippen LogP contribution in [0.1, 0.15) is 11.1 Å². The van der Waals surface area contributed by atoms with E-state index in [0.717, 1.165) is 16.7 Å². The Balaban J connectivity index is 1.71. The number of benzene rings is 3. The van der Waals surface area contributed by atoms with Crippen molar-refractivity contribution in [1.82, 2.24) is 0 Å². The molecule has 0 atom stereocenters. The number of carbonyl (C=O) groups excluding carboxylic acids is 1. The van der Waals surface area contributed by atoms with Gasteiger partial charge in [0.05, 0.1) is 0 Å². The zero-order chi connectivity index (χ0) is 21.6. The van der Waals surface area contributed by atoms with Crippen LogP contribution < -0.4 is 5.32 Å². The van der Waals surface area contributed by atoms with Crippen LogP contribution in [0, 0.1) is 11.3 Å². The van der Waals surface area contributed by atoms with Gasteiger partial charge < -0.3 is 4.42 Å². The molecule has 1 heterocycles. The van der Waals surface area contributed by atoms with Gasteiger partial charge in [0.15, 0.2) is 0 Å². The highest BCUT2D eigenvalue weighted by Crippen LogP contribution is 2.41. The Hall–Kier alpha value is -4.07. The van der Waals surface area contributed by atoms with Gasteiger partial charge in [-0.25, -0.2) is 0 Å². The molecule has 1 aromatic heterocycles. The molecule has 0 aliphatic rings. The maximum Gasteiger partial charge on any atom is 0.250 e. The van der Waals surface area contributed by atoms with Gasteiger partial charge in [0, 0.05) is 22.2 Å². The van der Waals surface area contributed by atoms with Gasteiger partial charge in [-0.2, -0.15) is 5.26 Å². The van der Waals surface area contributed by atoms with Gasteiger partial charge in [-0.1, -0.05) is 84.4 Å². The number of hydrogen-bond donors (Lipinski definition) is 1. The van der Waals surface area contributed by atoms with Crippen LogP contribution in [0.25, 0.3) is 28.5 Å². The van der Waals surface area contributed by atoms with Gasteiger partial charge >= 0.3 is 0 Å². The quantitative estimate of drug-likeness (QED) is 0.358. The molecule has 0 radical (unpaired) electrons. The second kappa shape index (κ2) is 9.17. The Kier molecular flexibility index (Phi) is 5.98. The Bertz CT molecular complexity index is 1270. The van der Waals surface area contributed by atoms with E-state index in [0.29, 0.717) is 16.3 Å². The summed E-state index contributed by atoms with van der Waals surface area (Å²) in [5, 5.41) is 13.2. The van der Waals surface area contributed by atoms with Crippen molar-refractivity contribution in [3.63, 3.8) is 0 Å². The van der Waals surface area contributed by atoms with Crippen LogP contribution in [0.4, 0.5) is 5.88 Å². The maximum absolute atomic E-state index is 12.5. The molecule has 4 aromatic rings. The van der Waals surface area contributed by atoms with Gasteiger partial charge in [-0.3, -0.25) is 10.1 Å². The summed E-state index contributed by atoms with van der Waals surface area (Å²) in [6.45, 7) is 0. The number of hydrogen-bond acceptors (Lipinski definition) is 3. The molecular formula is C26H17ClN2O2. The zero-order valence-electron chi connectivity index (χ0n) is 16.4. The van der Waals surface area contributed by atoms with Crippen molar-refractivity contribution in [2.75, 3.05) is 5.32 Å². The second-order valence-corrected chi connectivity index (χ2v) is 7.16. The largest absolute Gasteiger partial charge is 0.438 e. The summed E-state index contributed by atoms with van der Waals surface area (Å²) in [6, 6.07) is 28.3. The van der Waals surface area contributed by atoms with Crippen LogP contribution in [0.2, 0.25) is 5.02 Å². The summed E-state index contributed by atoms with van der Waals surface area (Å²) < 4.78 is 6.01. The molecule has 4 nitrogen and oxygen atoms in total. The van der Waals surface area contributed by atoms with Crippen molar-refractivity contribution in [1.29, 1.82) is 5.26 Å². The molecule has 4 rings (SSSR count). The van der Waals surface area contributed by atoms with Crippen LogP contribution in [-0.2, 0) is 4.79 Å². The lowest BCUT2D eigenvalue weighted by atomic mass is 9.98. The highest BCUT2D eigenvalue weighted by molar-refractivity contribution is 6.30. The van der Waals surface area contributed by atoms with Crippen LogP contribution in [0.15, 0.2) is 95.4 Å². The molecule has 0 spiro atoms. The summed E-state index contributed by atoms with van der Waals surface area (Å²) in [6.07, 6.45) is 3.05. The predicted octanol–water partition coefficient (Wildman–Crippen LogP) is 6.79. The van der Waals surface area contributed by atoms with E-state index in [2.05, 4.69) is 11.4 Å². The van der Waals surface area contributed by atoms with E-state index < -0.39 is 5.91 Å². The number of nitrogens with one attached hydrogen (secondary N) is 1. The van der Waals surface area contributed by atoms with Crippen LogP contribution in [0.3, 0.4) is 0 Å². The summed E-state index contributed by atoms with van der Waals surface area (Å²) in [4.78, 5) is 12.5. The van der Waals surface area contributed by atoms with Crippen LogP contribution in [0.5, 0.6) is 0 Å². The Morgan fingerprint density at radius 2 is 1.52 bits per heavy atom. The number of halogens is 1. The average Bonchev–Trinajstić information content (AvgIpc) is 3.18. The van der Waals surface area contributed by atoms with E-state index in [4.69, 9.17) is 16.0 Å². The standard InChI is InChI=1S/C26H17ClN2O2/c27-21-14-11-18(12-15-21)13-16-23(30)29-26-22(17-28)24(19-7-3-1-4-8-19)25(31-26)20-9-5-2-6-10-20/h1-16H,(H,29,30)/b16-13+. The summed E-state index contributed by atoms with van der Waals surface area (Å²) in [5.41, 5.74) is 3.40. The van der Waals surface area contributed by atoms with Crippen molar-refractivity contribution in [2.24, 2.45) is 0 Å². The minimum atomic E-state index is -0.403. The van der Waals surface area contributed by atoms with Crippen molar-refractivity contribution < 1.29 is 9.21 Å². The van der Waals surface area contributed by atoms with Gasteiger partial charge in [0.25, 0.3) is 5.91 Å². The Morgan fingerprint density at radius 1 is 0.903 bits per heavy atom. The number of nitriles is 1. The average molecular weight is 425 g/mol. The Labute approximate surface area is 185 Å². The predicted molar refractivity (Wildman–Crippen MR) is 123 cm³/mol. The van der Waals surface area contributed by atoms with Crippen LogP contribution in [-0.4, -0.2) is 5.91 Å². The fraction of sp³-hybridized carbons (Fsp3) is 0. The minimum Gasteiger partial charge on any atom is -0.438 e. The lowest BCUT2D eigenvalue weighted by molar-refractivity contribution is -0.111. The molecule has 0 unspecified atom stereocenters. The molecule has 1 N–H and O–H groups in total. The molecular weight excluding hydrogens is 408 g/mol. The number of carbonyl (C=O) groups is 1. The van der Waals surface area contributed by atoms with Crippen molar-refractivity contribution >= 4 is 29.5 Å². The number of amides is 1. The molecule has 5 heteroatoms. The van der Waals surface area contributed by atoms with Crippen molar-refractivity contribution in [3.05, 3.63) is 107 Å². The van der Waals surface area contributed by atoms with Gasteiger partial charge in [-0.05, 0) is 29.3 Å². The first-order valence-corrected chi connectivity index (χ1v) is 9.96. The SMILES string of the molecule is N#Cc1c(NC(=O)/C=C/c2ccc(Cl)cc2)oc(-c2ccccc2)c1-c1ccccc1. The molecule has 3 aromatic carbocycles. The summed E-state index contributed by atoms with van der Waals surface area (Å²) in [5.74, 6) is 0.241. The highest BCUT2D eigenvalue weighted by Gasteiger charge is 2.23. The molecule has 0 fully saturated rings. The van der Waals surface area contributed by atoms with E-state index >= 15 is 0 Å². The lowest BCUT2D eigenvalue weighted by Gasteiger charge is -2.03. The molecule has 1 amide bonds. The zero-order valence-corrected chi connectivity index (χ0v) is 17.1. The van der Waals surface area contributed by atoms with Gasteiger partial charge in [0.1, 0.15) is 17.4 Å². The second-order valence-electron chi connectivity index (χ2n) is 6.73. The number of anilines is 1. The first-order valence-electron chi connectivity index (χ1n) is 9.58. The summed E-state index contributed by atoms with van der Waals surface area (Å²) in [7, 11) is 0. The smallest absolute Gasteiger partial charge is 0.250 e. The first kappa shape index (κ1) is 20.2. The lowest BCUT2D eigenvalue weighted by Crippen LogP contribution is -2.08. The normalized spacial score (nSPS) is 10.7. The Morgan fingerprint density at radius 3 is 2.13 bits per heavy atom. The topological polar surface area (TPSA) is 66.0 Å². The third-order valence-electron chi connectivity index (χ3n) is 4.65. The van der Waals surface area contributed by atoms with Crippen molar-refractivity contribution in [3.8, 4) is 28.5 Å². The number of nitrogens with zero attached hydrogens (tertiary/aromatic N) is 1. The fourth-order valence-electron chi connectivity index (χ4n) is 3.20. The first-order chi connectivity index (χ1) is 15.2. The van der Waals surface area contributed by atoms with Gasteiger partial charge in [0.2, 0.25) is 5.88 Å². The van der Waals surface area contributed by atoms with E-state index in [9.17, 15) is 10.1 Å². The van der Waals surface area contributed by atoms with E-state index in [1.54, 1.807) is 30.3 Å². The minimum absolute atomic E-state index is 0.117. The molecule has 0 aliphatic heterocycles. The summed E-state index contributed by atoms with van der Waals surface area (Å²) >= 11 is 5.89. The fourth-order valence-corrected chi connectivity index (χ4v) is 3.32. The van der Waals surface area contributed by atoms with E-state index in [1.165, 1.54) is 6.08 Å². The van der Waals surface area contributed by atoms with Gasteiger partial charge in [-0.15, -0.1) is 0 Å². The highest BCUT2D eigenvalue weighted by atomic mass is 35.5. The number of furan rings is 1. The monoisotopic (exact) mass is 424 g/mol. The molecule has 150 valence electrons. The number of rotatable bonds is 5.